The van der Waals surface area contributed by atoms with Gasteiger partial charge in [0.05, 0.1) is 0 Å². The molecule has 2 aliphatic carbocycles. The molecule has 2 fully saturated rings. The summed E-state index contributed by atoms with van der Waals surface area (Å²) in [4.78, 5) is 0. The lowest BCUT2D eigenvalue weighted by atomic mass is 9.91. The molecule has 6 rings (SSSR count). The second-order valence-corrected chi connectivity index (χ2v) is 11.6. The molecule has 0 atom stereocenters. The van der Waals surface area contributed by atoms with Crippen molar-refractivity contribution in [2.45, 2.75) is 64.2 Å². The number of allylic oxidation sites excluding steroid dienone is 2. The van der Waals surface area contributed by atoms with Crippen LogP contribution < -0.4 is 5.32 Å². The third-order valence-electron chi connectivity index (χ3n) is 8.46. The summed E-state index contributed by atoms with van der Waals surface area (Å²) in [6, 6.07) is 37.4. The zero-order chi connectivity index (χ0) is 27.7. The Balaban J connectivity index is 1.28. The van der Waals surface area contributed by atoms with E-state index in [0.717, 1.165) is 11.4 Å². The number of para-hydroxylation sites is 1. The molecule has 0 unspecified atom stereocenters. The Labute approximate surface area is 246 Å². The molecule has 0 bridgehead atoms. The minimum atomic E-state index is 1.09. The maximum atomic E-state index is 3.50. The van der Waals surface area contributed by atoms with Gasteiger partial charge in [0.1, 0.15) is 0 Å². The van der Waals surface area contributed by atoms with Crippen LogP contribution in [0.4, 0.5) is 11.4 Å². The number of benzene rings is 4. The summed E-state index contributed by atoms with van der Waals surface area (Å²) in [5.41, 5.74) is 13.0. The van der Waals surface area contributed by atoms with E-state index in [9.17, 15) is 0 Å². The summed E-state index contributed by atoms with van der Waals surface area (Å²) in [6.45, 7) is 0. The van der Waals surface area contributed by atoms with E-state index in [-0.39, 0.29) is 0 Å². The van der Waals surface area contributed by atoms with Gasteiger partial charge in [0.25, 0.3) is 0 Å². The van der Waals surface area contributed by atoms with E-state index in [2.05, 4.69) is 121 Å². The number of hydrogen-bond donors (Lipinski definition) is 1. The normalized spacial score (nSPS) is 15.2. The lowest BCUT2D eigenvalue weighted by Crippen LogP contribution is -1.94. The summed E-state index contributed by atoms with van der Waals surface area (Å²) >= 11 is 0. The Kier molecular flexibility index (Phi) is 8.92. The van der Waals surface area contributed by atoms with E-state index < -0.39 is 0 Å². The first-order valence-electron chi connectivity index (χ1n) is 15.5. The summed E-state index contributed by atoms with van der Waals surface area (Å²) in [7, 11) is 0. The monoisotopic (exact) mass is 535 g/mol. The third-order valence-corrected chi connectivity index (χ3v) is 8.46. The Morgan fingerprint density at radius 3 is 1.37 bits per heavy atom. The molecular weight excluding hydrogens is 494 g/mol. The highest BCUT2D eigenvalue weighted by Gasteiger charge is 2.09. The highest BCUT2D eigenvalue weighted by Crippen LogP contribution is 2.31. The van der Waals surface area contributed by atoms with Gasteiger partial charge in [-0.05, 0) is 115 Å². The van der Waals surface area contributed by atoms with Gasteiger partial charge in [-0.2, -0.15) is 0 Å². The van der Waals surface area contributed by atoms with Gasteiger partial charge in [0, 0.05) is 11.4 Å². The maximum Gasteiger partial charge on any atom is 0.0384 e. The van der Waals surface area contributed by atoms with Crippen molar-refractivity contribution in [2.75, 3.05) is 5.32 Å². The summed E-state index contributed by atoms with van der Waals surface area (Å²) in [5.74, 6) is 0. The van der Waals surface area contributed by atoms with Crippen molar-refractivity contribution in [1.29, 1.82) is 0 Å². The number of anilines is 2. The average Bonchev–Trinajstić information content (AvgIpc) is 3.03. The van der Waals surface area contributed by atoms with Crippen LogP contribution in [0.1, 0.15) is 92.0 Å². The van der Waals surface area contributed by atoms with E-state index in [4.69, 9.17) is 0 Å². The first-order valence-corrected chi connectivity index (χ1v) is 15.5. The second-order valence-electron chi connectivity index (χ2n) is 11.6. The minimum Gasteiger partial charge on any atom is -0.356 e. The lowest BCUT2D eigenvalue weighted by molar-refractivity contribution is 0.602. The van der Waals surface area contributed by atoms with Crippen molar-refractivity contribution in [3.63, 3.8) is 0 Å². The molecule has 2 saturated carbocycles. The SMILES string of the molecule is C(=C1CCCCC1)c1ccc(C(=Cc2ccc(Nc3ccccc3)cc2)c2ccc(C=C3CCCCC3)cc2)cc1. The Morgan fingerprint density at radius 2 is 0.878 bits per heavy atom. The Morgan fingerprint density at radius 1 is 0.439 bits per heavy atom. The molecule has 0 aliphatic heterocycles. The Hall–Kier alpha value is -4.10. The zero-order valence-electron chi connectivity index (χ0n) is 24.1. The molecule has 0 radical (unpaired) electrons. The van der Waals surface area contributed by atoms with E-state index in [1.165, 1.54) is 97.6 Å². The van der Waals surface area contributed by atoms with Crippen LogP contribution in [-0.2, 0) is 0 Å². The summed E-state index contributed by atoms with van der Waals surface area (Å²) in [5, 5.41) is 3.50. The molecular formula is C40H41N. The van der Waals surface area contributed by atoms with Crippen molar-refractivity contribution in [2.24, 2.45) is 0 Å². The van der Waals surface area contributed by atoms with Gasteiger partial charge < -0.3 is 5.32 Å². The molecule has 1 nitrogen and oxygen atoms in total. The molecule has 4 aromatic carbocycles. The molecule has 41 heavy (non-hydrogen) atoms. The van der Waals surface area contributed by atoms with Crippen molar-refractivity contribution in [3.8, 4) is 0 Å². The fraction of sp³-hybridized carbons (Fsp3) is 0.250. The van der Waals surface area contributed by atoms with Gasteiger partial charge in [-0.15, -0.1) is 0 Å². The highest BCUT2D eigenvalue weighted by molar-refractivity contribution is 5.92. The fourth-order valence-electron chi connectivity index (χ4n) is 6.14. The van der Waals surface area contributed by atoms with Crippen molar-refractivity contribution < 1.29 is 0 Å². The van der Waals surface area contributed by atoms with Crippen molar-refractivity contribution in [3.05, 3.63) is 142 Å². The van der Waals surface area contributed by atoms with Gasteiger partial charge >= 0.3 is 0 Å². The summed E-state index contributed by atoms with van der Waals surface area (Å²) < 4.78 is 0. The van der Waals surface area contributed by atoms with Crippen LogP contribution in [0.3, 0.4) is 0 Å². The largest absolute Gasteiger partial charge is 0.356 e. The van der Waals surface area contributed by atoms with E-state index >= 15 is 0 Å². The number of rotatable bonds is 7. The van der Waals surface area contributed by atoms with Crippen LogP contribution in [-0.4, -0.2) is 0 Å². The van der Waals surface area contributed by atoms with Gasteiger partial charge in [-0.25, -0.2) is 0 Å². The molecule has 206 valence electrons. The van der Waals surface area contributed by atoms with E-state index in [1.54, 1.807) is 11.1 Å². The lowest BCUT2D eigenvalue weighted by Gasteiger charge is -2.15. The average molecular weight is 536 g/mol. The predicted octanol–water partition coefficient (Wildman–Crippen LogP) is 11.7. The first kappa shape index (κ1) is 27.1. The van der Waals surface area contributed by atoms with Crippen LogP contribution in [0.25, 0.3) is 23.8 Å². The predicted molar refractivity (Wildman–Crippen MR) is 178 cm³/mol. The number of hydrogen-bond acceptors (Lipinski definition) is 1. The van der Waals surface area contributed by atoms with E-state index in [1.807, 2.05) is 6.07 Å². The topological polar surface area (TPSA) is 12.0 Å². The number of nitrogens with one attached hydrogen (secondary N) is 1. The van der Waals surface area contributed by atoms with Gasteiger partial charge in [-0.3, -0.25) is 0 Å². The first-order chi connectivity index (χ1) is 20.3. The van der Waals surface area contributed by atoms with Crippen molar-refractivity contribution >= 4 is 35.2 Å². The fourth-order valence-corrected chi connectivity index (χ4v) is 6.14. The molecule has 0 spiro atoms. The molecule has 2 aliphatic rings. The van der Waals surface area contributed by atoms with Gasteiger partial charge in [-0.1, -0.05) is 115 Å². The van der Waals surface area contributed by atoms with Crippen LogP contribution in [0.15, 0.2) is 114 Å². The molecule has 4 aromatic rings. The Bertz CT molecular complexity index is 1410. The van der Waals surface area contributed by atoms with Crippen LogP contribution in [0.5, 0.6) is 0 Å². The van der Waals surface area contributed by atoms with Gasteiger partial charge in [0.2, 0.25) is 0 Å². The third kappa shape index (κ3) is 7.55. The zero-order valence-corrected chi connectivity index (χ0v) is 24.1. The standard InChI is InChI=1S/C40H41N/c1-4-10-31(11-5-1)28-33-16-22-36(23-17-33)40(37-24-18-34(19-25-37)29-32-12-6-2-7-13-32)30-35-20-26-39(27-21-35)41-38-14-8-3-9-15-38/h3,8-9,14-30,41H,1-2,4-7,10-13H2. The van der Waals surface area contributed by atoms with Crippen molar-refractivity contribution in [1.82, 2.24) is 0 Å². The minimum absolute atomic E-state index is 1.09. The van der Waals surface area contributed by atoms with Gasteiger partial charge in [0.15, 0.2) is 0 Å². The second kappa shape index (κ2) is 13.5. The van der Waals surface area contributed by atoms with Crippen LogP contribution in [0.2, 0.25) is 0 Å². The molecule has 1 heteroatoms. The quantitative estimate of drug-likeness (QED) is 0.232. The molecule has 0 aromatic heterocycles. The van der Waals surface area contributed by atoms with Crippen LogP contribution >= 0.6 is 0 Å². The molecule has 0 saturated heterocycles. The highest BCUT2D eigenvalue weighted by atomic mass is 14.9. The molecule has 1 N–H and O–H groups in total. The molecule has 0 heterocycles. The smallest absolute Gasteiger partial charge is 0.0384 e. The molecule has 0 amide bonds. The maximum absolute atomic E-state index is 3.50. The van der Waals surface area contributed by atoms with Crippen LogP contribution in [0, 0.1) is 0 Å². The summed E-state index contributed by atoms with van der Waals surface area (Å²) in [6.07, 6.45) is 20.3. The van der Waals surface area contributed by atoms with E-state index in [0.29, 0.717) is 0 Å².